The summed E-state index contributed by atoms with van der Waals surface area (Å²) in [6.45, 7) is 2.83. The van der Waals surface area contributed by atoms with Crippen LogP contribution in [0.4, 0.5) is 0 Å². The largest absolute Gasteiger partial charge is 0.379 e. The van der Waals surface area contributed by atoms with Gasteiger partial charge in [-0.05, 0) is 12.1 Å². The van der Waals surface area contributed by atoms with Crippen molar-refractivity contribution in [3.63, 3.8) is 0 Å². The van der Waals surface area contributed by atoms with Crippen LogP contribution in [0.15, 0.2) is 34.1 Å². The van der Waals surface area contributed by atoms with Crippen molar-refractivity contribution in [3.05, 3.63) is 24.3 Å². The number of sulfonamides is 2. The molecule has 0 atom stereocenters. The number of nitrogens with zero attached hydrogens (tertiary/aromatic N) is 2. The standard InChI is InChI=1S/C12H16N2O5S2/c15-20(16)11-3-1-2-4-12(11)21(17,18)14(20)6-5-13-7-9-19-10-8-13/h1-4H,5-10H2. The van der Waals surface area contributed by atoms with Gasteiger partial charge in [-0.1, -0.05) is 15.8 Å². The molecule has 0 radical (unpaired) electrons. The predicted molar refractivity (Wildman–Crippen MR) is 74.8 cm³/mol. The fourth-order valence-electron chi connectivity index (χ4n) is 2.51. The van der Waals surface area contributed by atoms with Crippen molar-refractivity contribution in [1.82, 2.24) is 8.61 Å². The summed E-state index contributed by atoms with van der Waals surface area (Å²) in [6.07, 6.45) is 0. The van der Waals surface area contributed by atoms with Gasteiger partial charge in [-0.2, -0.15) is 0 Å². The van der Waals surface area contributed by atoms with Crippen LogP contribution in [0.25, 0.3) is 0 Å². The molecule has 0 saturated carbocycles. The number of hydrogen-bond acceptors (Lipinski definition) is 6. The quantitative estimate of drug-likeness (QED) is 0.756. The molecular formula is C12H16N2O5S2. The number of fused-ring (bicyclic) bond motifs is 1. The van der Waals surface area contributed by atoms with E-state index in [-0.39, 0.29) is 16.3 Å². The first-order valence-electron chi connectivity index (χ1n) is 6.61. The van der Waals surface area contributed by atoms with Crippen molar-refractivity contribution in [1.29, 1.82) is 0 Å². The fourth-order valence-corrected chi connectivity index (χ4v) is 6.89. The molecule has 2 aliphatic heterocycles. The Bertz CT molecular complexity index is 686. The molecule has 1 fully saturated rings. The van der Waals surface area contributed by atoms with Gasteiger partial charge in [0.2, 0.25) is 0 Å². The van der Waals surface area contributed by atoms with Gasteiger partial charge in [-0.15, -0.1) is 0 Å². The van der Waals surface area contributed by atoms with Crippen LogP contribution < -0.4 is 0 Å². The van der Waals surface area contributed by atoms with E-state index >= 15 is 0 Å². The highest BCUT2D eigenvalue weighted by atomic mass is 32.3. The minimum atomic E-state index is -3.97. The van der Waals surface area contributed by atoms with E-state index in [2.05, 4.69) is 0 Å². The molecule has 1 aromatic rings. The zero-order chi connectivity index (χ0) is 15.1. The third kappa shape index (κ3) is 2.49. The Morgan fingerprint density at radius 3 is 1.95 bits per heavy atom. The maximum Gasteiger partial charge on any atom is 0.257 e. The molecule has 0 aliphatic carbocycles. The maximum absolute atomic E-state index is 12.4. The summed E-state index contributed by atoms with van der Waals surface area (Å²) in [4.78, 5) is 1.73. The molecule has 2 aliphatic rings. The Morgan fingerprint density at radius 2 is 1.43 bits per heavy atom. The van der Waals surface area contributed by atoms with Crippen molar-refractivity contribution < 1.29 is 21.6 Å². The molecule has 21 heavy (non-hydrogen) atoms. The van der Waals surface area contributed by atoms with E-state index in [0.717, 1.165) is 0 Å². The Morgan fingerprint density at radius 1 is 0.905 bits per heavy atom. The molecule has 9 heteroatoms. The highest BCUT2D eigenvalue weighted by Crippen LogP contribution is 2.35. The smallest absolute Gasteiger partial charge is 0.257 e. The predicted octanol–water partition coefficient (Wildman–Crippen LogP) is -0.288. The van der Waals surface area contributed by atoms with Crippen molar-refractivity contribution in [3.8, 4) is 0 Å². The average molecular weight is 332 g/mol. The average Bonchev–Trinajstić information content (AvgIpc) is 2.62. The zero-order valence-electron chi connectivity index (χ0n) is 11.3. The molecule has 1 saturated heterocycles. The Labute approximate surface area is 124 Å². The third-order valence-corrected chi connectivity index (χ3v) is 8.21. The molecule has 116 valence electrons. The highest BCUT2D eigenvalue weighted by molar-refractivity contribution is 8.06. The first-order chi connectivity index (χ1) is 9.94. The summed E-state index contributed by atoms with van der Waals surface area (Å²) < 4.78 is 55.3. The molecule has 1 aromatic carbocycles. The SMILES string of the molecule is O=S1(=O)c2ccccc2S(=O)(=O)N1CCN1CCOCC1. The number of benzene rings is 1. The van der Waals surface area contributed by atoms with Crippen LogP contribution >= 0.6 is 0 Å². The van der Waals surface area contributed by atoms with Crippen molar-refractivity contribution in [2.45, 2.75) is 9.79 Å². The minimum absolute atomic E-state index is 0.0701. The van der Waals surface area contributed by atoms with E-state index in [1.807, 2.05) is 4.90 Å². The van der Waals surface area contributed by atoms with Gasteiger partial charge in [0, 0.05) is 26.2 Å². The van der Waals surface area contributed by atoms with Gasteiger partial charge in [0.05, 0.1) is 13.2 Å². The van der Waals surface area contributed by atoms with Gasteiger partial charge in [-0.3, -0.25) is 4.90 Å². The molecule has 0 amide bonds. The second-order valence-electron chi connectivity index (χ2n) is 4.91. The van der Waals surface area contributed by atoms with Gasteiger partial charge in [-0.25, -0.2) is 16.8 Å². The minimum Gasteiger partial charge on any atom is -0.379 e. The monoisotopic (exact) mass is 332 g/mol. The van der Waals surface area contributed by atoms with Gasteiger partial charge >= 0.3 is 0 Å². The van der Waals surface area contributed by atoms with Crippen LogP contribution in [-0.4, -0.2) is 64.8 Å². The molecule has 0 aromatic heterocycles. The number of morpholine rings is 1. The van der Waals surface area contributed by atoms with Crippen LogP contribution in [0.3, 0.4) is 0 Å². The van der Waals surface area contributed by atoms with Crippen LogP contribution in [-0.2, 0) is 24.8 Å². The lowest BCUT2D eigenvalue weighted by atomic mass is 10.4. The molecule has 0 N–H and O–H groups in total. The van der Waals surface area contributed by atoms with Gasteiger partial charge < -0.3 is 4.74 Å². The second kappa shape index (κ2) is 5.33. The summed E-state index contributed by atoms with van der Waals surface area (Å²) in [5, 5.41) is 0. The van der Waals surface area contributed by atoms with E-state index in [0.29, 0.717) is 36.6 Å². The Balaban J connectivity index is 1.86. The molecule has 0 bridgehead atoms. The summed E-state index contributed by atoms with van der Waals surface area (Å²) >= 11 is 0. The van der Waals surface area contributed by atoms with Crippen LogP contribution in [0.2, 0.25) is 0 Å². The van der Waals surface area contributed by atoms with Crippen molar-refractivity contribution in [2.24, 2.45) is 0 Å². The molecular weight excluding hydrogens is 316 g/mol. The molecule has 7 nitrogen and oxygen atoms in total. The third-order valence-electron chi connectivity index (χ3n) is 3.64. The Kier molecular flexibility index (Phi) is 3.78. The second-order valence-corrected chi connectivity index (χ2v) is 8.80. The van der Waals surface area contributed by atoms with E-state index in [9.17, 15) is 16.8 Å². The lowest BCUT2D eigenvalue weighted by molar-refractivity contribution is 0.0377. The van der Waals surface area contributed by atoms with Gasteiger partial charge in [0.25, 0.3) is 20.0 Å². The highest BCUT2D eigenvalue weighted by Gasteiger charge is 2.46. The molecule has 3 rings (SSSR count). The lowest BCUT2D eigenvalue weighted by Gasteiger charge is -2.27. The number of ether oxygens (including phenoxy) is 1. The summed E-state index contributed by atoms with van der Waals surface area (Å²) in [7, 11) is -7.93. The zero-order valence-corrected chi connectivity index (χ0v) is 12.9. The van der Waals surface area contributed by atoms with Gasteiger partial charge in [0.1, 0.15) is 9.79 Å². The van der Waals surface area contributed by atoms with E-state index < -0.39 is 20.0 Å². The summed E-state index contributed by atoms with van der Waals surface area (Å²) in [5.41, 5.74) is 0. The van der Waals surface area contributed by atoms with Gasteiger partial charge in [0.15, 0.2) is 0 Å². The van der Waals surface area contributed by atoms with Crippen molar-refractivity contribution in [2.75, 3.05) is 39.4 Å². The molecule has 2 heterocycles. The maximum atomic E-state index is 12.4. The number of hydrogen-bond donors (Lipinski definition) is 0. The first-order valence-corrected chi connectivity index (χ1v) is 9.49. The number of rotatable bonds is 3. The fraction of sp³-hybridized carbons (Fsp3) is 0.500. The van der Waals surface area contributed by atoms with Crippen LogP contribution in [0, 0.1) is 0 Å². The van der Waals surface area contributed by atoms with E-state index in [1.165, 1.54) is 24.3 Å². The van der Waals surface area contributed by atoms with Crippen LogP contribution in [0.5, 0.6) is 0 Å². The van der Waals surface area contributed by atoms with E-state index in [1.54, 1.807) is 0 Å². The lowest BCUT2D eigenvalue weighted by Crippen LogP contribution is -2.42. The van der Waals surface area contributed by atoms with Crippen LogP contribution in [0.1, 0.15) is 0 Å². The topological polar surface area (TPSA) is 84.0 Å². The Hall–Kier alpha value is -1.00. The molecule has 0 unspecified atom stereocenters. The van der Waals surface area contributed by atoms with Crippen molar-refractivity contribution >= 4 is 20.0 Å². The van der Waals surface area contributed by atoms with E-state index in [4.69, 9.17) is 4.74 Å². The normalized spacial score (nSPS) is 24.8. The summed E-state index contributed by atoms with van der Waals surface area (Å²) in [6, 6.07) is 5.71. The molecule has 0 spiro atoms. The first kappa shape index (κ1) is 14.9. The summed E-state index contributed by atoms with van der Waals surface area (Å²) in [5.74, 6) is 0.